The summed E-state index contributed by atoms with van der Waals surface area (Å²) in [5, 5.41) is 13.2. The molecule has 0 spiro atoms. The maximum Gasteiger partial charge on any atom is 0.254 e. The van der Waals surface area contributed by atoms with Gasteiger partial charge >= 0.3 is 0 Å². The minimum Gasteiger partial charge on any atom is -0.396 e. The third-order valence-corrected chi connectivity index (χ3v) is 4.45. The van der Waals surface area contributed by atoms with Gasteiger partial charge in [0.2, 0.25) is 0 Å². The Hall–Kier alpha value is -1.98. The number of rotatable bonds is 7. The van der Waals surface area contributed by atoms with Gasteiger partial charge in [-0.05, 0) is 37.0 Å². The molecule has 1 aliphatic rings. The molecule has 0 unspecified atom stereocenters. The molecule has 24 heavy (non-hydrogen) atoms. The molecular formula is C18H20ClN3O2. The van der Waals surface area contributed by atoms with Crippen LogP contribution < -0.4 is 5.32 Å². The van der Waals surface area contributed by atoms with Crippen molar-refractivity contribution in [2.75, 3.05) is 13.2 Å². The number of hydrogen-bond acceptors (Lipinski definition) is 4. The van der Waals surface area contributed by atoms with Gasteiger partial charge in [0.25, 0.3) is 5.91 Å². The molecule has 2 aromatic rings. The van der Waals surface area contributed by atoms with E-state index in [9.17, 15) is 9.90 Å². The van der Waals surface area contributed by atoms with E-state index in [0.29, 0.717) is 29.5 Å². The van der Waals surface area contributed by atoms with E-state index in [2.05, 4.69) is 15.3 Å². The number of carbonyl (C=O) groups excluding carboxylic acids is 1. The van der Waals surface area contributed by atoms with Crippen LogP contribution in [0.15, 0.2) is 36.8 Å². The molecule has 1 atom stereocenters. The van der Waals surface area contributed by atoms with Crippen molar-refractivity contribution in [3.63, 3.8) is 0 Å². The molecule has 0 radical (unpaired) electrons. The first-order valence-electron chi connectivity index (χ1n) is 8.10. The second-order valence-corrected chi connectivity index (χ2v) is 6.62. The molecule has 1 aromatic heterocycles. The zero-order valence-electron chi connectivity index (χ0n) is 13.3. The summed E-state index contributed by atoms with van der Waals surface area (Å²) in [6.45, 7) is 0.403. The Bertz CT molecular complexity index is 702. The van der Waals surface area contributed by atoms with Gasteiger partial charge in [-0.25, -0.2) is 9.97 Å². The van der Waals surface area contributed by atoms with Crippen LogP contribution in [0.2, 0.25) is 5.02 Å². The van der Waals surface area contributed by atoms with E-state index in [1.807, 2.05) is 24.3 Å². The Morgan fingerprint density at radius 3 is 2.75 bits per heavy atom. The smallest absolute Gasteiger partial charge is 0.254 e. The Balaban J connectivity index is 1.59. The van der Waals surface area contributed by atoms with Crippen LogP contribution in [-0.4, -0.2) is 34.1 Å². The number of halogens is 1. The van der Waals surface area contributed by atoms with Gasteiger partial charge in [-0.1, -0.05) is 23.7 Å². The van der Waals surface area contributed by atoms with Crippen LogP contribution >= 0.6 is 11.6 Å². The van der Waals surface area contributed by atoms with Gasteiger partial charge in [-0.2, -0.15) is 0 Å². The average Bonchev–Trinajstić information content (AvgIpc) is 3.45. The van der Waals surface area contributed by atoms with Gasteiger partial charge in [0.1, 0.15) is 6.33 Å². The van der Waals surface area contributed by atoms with Crippen molar-refractivity contribution in [1.82, 2.24) is 15.3 Å². The summed E-state index contributed by atoms with van der Waals surface area (Å²) in [6.07, 6.45) is 5.89. The third kappa shape index (κ3) is 4.30. The largest absolute Gasteiger partial charge is 0.396 e. The summed E-state index contributed by atoms with van der Waals surface area (Å²) in [6, 6.07) is 7.52. The van der Waals surface area contributed by atoms with Gasteiger partial charge < -0.3 is 10.4 Å². The minimum absolute atomic E-state index is 0.00365. The first kappa shape index (κ1) is 16.9. The number of nitrogens with zero attached hydrogens (tertiary/aromatic N) is 2. The van der Waals surface area contributed by atoms with Gasteiger partial charge in [-0.15, -0.1) is 0 Å². The molecule has 1 amide bonds. The number of amides is 1. The van der Waals surface area contributed by atoms with Crippen LogP contribution in [0.1, 0.15) is 40.4 Å². The molecule has 126 valence electrons. The summed E-state index contributed by atoms with van der Waals surface area (Å²) in [4.78, 5) is 20.6. The maximum absolute atomic E-state index is 12.4. The summed E-state index contributed by atoms with van der Waals surface area (Å²) < 4.78 is 0. The second kappa shape index (κ2) is 7.73. The van der Waals surface area contributed by atoms with Gasteiger partial charge in [0, 0.05) is 36.2 Å². The highest BCUT2D eigenvalue weighted by Gasteiger charge is 2.29. The number of aliphatic hydroxyl groups is 1. The van der Waals surface area contributed by atoms with E-state index in [1.165, 1.54) is 6.33 Å². The average molecular weight is 346 g/mol. The van der Waals surface area contributed by atoms with Crippen molar-refractivity contribution in [3.8, 4) is 0 Å². The number of benzene rings is 1. The quantitative estimate of drug-likeness (QED) is 0.808. The van der Waals surface area contributed by atoms with Crippen LogP contribution in [0, 0.1) is 5.92 Å². The summed E-state index contributed by atoms with van der Waals surface area (Å²) in [7, 11) is 0. The van der Waals surface area contributed by atoms with Gasteiger partial charge in [0.15, 0.2) is 0 Å². The normalized spacial score (nSPS) is 15.1. The Kier molecular flexibility index (Phi) is 5.43. The number of hydrogen-bond donors (Lipinski definition) is 2. The van der Waals surface area contributed by atoms with Crippen LogP contribution in [0.4, 0.5) is 0 Å². The van der Waals surface area contributed by atoms with Crippen molar-refractivity contribution < 1.29 is 9.90 Å². The molecular weight excluding hydrogens is 326 g/mol. The monoisotopic (exact) mass is 345 g/mol. The molecule has 5 nitrogen and oxygen atoms in total. The van der Waals surface area contributed by atoms with Gasteiger partial charge in [-0.3, -0.25) is 4.79 Å². The highest BCUT2D eigenvalue weighted by molar-refractivity contribution is 6.30. The minimum atomic E-state index is -0.174. The highest BCUT2D eigenvalue weighted by Crippen LogP contribution is 2.40. The fraction of sp³-hybridized carbons (Fsp3) is 0.389. The Morgan fingerprint density at radius 1 is 1.33 bits per heavy atom. The predicted molar refractivity (Wildman–Crippen MR) is 92.1 cm³/mol. The zero-order chi connectivity index (χ0) is 16.9. The first-order valence-corrected chi connectivity index (χ1v) is 8.48. The van der Waals surface area contributed by atoms with E-state index < -0.39 is 0 Å². The van der Waals surface area contributed by atoms with E-state index in [-0.39, 0.29) is 18.4 Å². The van der Waals surface area contributed by atoms with E-state index in [1.54, 1.807) is 6.20 Å². The third-order valence-electron chi connectivity index (χ3n) is 4.20. The second-order valence-electron chi connectivity index (χ2n) is 6.19. The van der Waals surface area contributed by atoms with Crippen molar-refractivity contribution >= 4 is 17.5 Å². The number of aromatic nitrogens is 2. The topological polar surface area (TPSA) is 75.1 Å². The number of carbonyl (C=O) groups is 1. The maximum atomic E-state index is 12.4. The predicted octanol–water partition coefficient (Wildman–Crippen LogP) is 2.59. The molecule has 1 aliphatic carbocycles. The molecule has 3 rings (SSSR count). The lowest BCUT2D eigenvalue weighted by atomic mass is 10.00. The highest BCUT2D eigenvalue weighted by atomic mass is 35.5. The van der Waals surface area contributed by atoms with Crippen LogP contribution in [0.25, 0.3) is 0 Å². The van der Waals surface area contributed by atoms with Crippen LogP contribution in [0.3, 0.4) is 0 Å². The Labute approximate surface area is 146 Å². The lowest BCUT2D eigenvalue weighted by Crippen LogP contribution is -2.32. The van der Waals surface area contributed by atoms with Crippen molar-refractivity contribution in [2.24, 2.45) is 5.92 Å². The lowest BCUT2D eigenvalue weighted by Gasteiger charge is -2.16. The van der Waals surface area contributed by atoms with E-state index in [4.69, 9.17) is 11.6 Å². The SMILES string of the molecule is O=C(NC[C@@H](CO)Cc1ccc(Cl)cc1)c1cncnc1C1CC1. The molecule has 0 bridgehead atoms. The number of aliphatic hydroxyl groups excluding tert-OH is 1. The fourth-order valence-corrected chi connectivity index (χ4v) is 2.81. The fourth-order valence-electron chi connectivity index (χ4n) is 2.68. The van der Waals surface area contributed by atoms with E-state index in [0.717, 1.165) is 24.1 Å². The van der Waals surface area contributed by atoms with Crippen LogP contribution in [0.5, 0.6) is 0 Å². The molecule has 0 saturated heterocycles. The molecule has 1 fully saturated rings. The summed E-state index contributed by atoms with van der Waals surface area (Å²) in [5.74, 6) is 0.160. The standard InChI is InChI=1S/C18H20ClN3O2/c19-15-5-1-12(2-6-15)7-13(10-23)8-21-18(24)16-9-20-11-22-17(16)14-3-4-14/h1-2,5-6,9,11,13-14,23H,3-4,7-8,10H2,(H,21,24)/t13-/m0/s1. The molecule has 1 heterocycles. The molecule has 1 saturated carbocycles. The Morgan fingerprint density at radius 2 is 2.08 bits per heavy atom. The number of nitrogens with one attached hydrogen (secondary N) is 1. The van der Waals surface area contributed by atoms with Gasteiger partial charge in [0.05, 0.1) is 11.3 Å². The molecule has 2 N–H and O–H groups in total. The van der Waals surface area contributed by atoms with Crippen molar-refractivity contribution in [3.05, 3.63) is 58.6 Å². The molecule has 0 aliphatic heterocycles. The summed E-state index contributed by atoms with van der Waals surface area (Å²) >= 11 is 5.88. The first-order chi connectivity index (χ1) is 11.7. The molecule has 1 aromatic carbocycles. The molecule has 6 heteroatoms. The summed E-state index contributed by atoms with van der Waals surface area (Å²) in [5.41, 5.74) is 2.46. The van der Waals surface area contributed by atoms with Crippen LogP contribution in [-0.2, 0) is 6.42 Å². The van der Waals surface area contributed by atoms with Crippen molar-refractivity contribution in [2.45, 2.75) is 25.2 Å². The van der Waals surface area contributed by atoms with Crippen molar-refractivity contribution in [1.29, 1.82) is 0 Å². The van der Waals surface area contributed by atoms with E-state index >= 15 is 0 Å². The lowest BCUT2D eigenvalue weighted by molar-refractivity contribution is 0.0938. The zero-order valence-corrected chi connectivity index (χ0v) is 14.0.